The van der Waals surface area contributed by atoms with Crippen LogP contribution in [0, 0.1) is 0 Å². The maximum Gasteiger partial charge on any atom is 0.139 e. The molecule has 0 aliphatic carbocycles. The molecule has 82 valence electrons. The largest absolute Gasteiger partial charge is 0.308 e. The van der Waals surface area contributed by atoms with Gasteiger partial charge in [0.05, 0.1) is 0 Å². The van der Waals surface area contributed by atoms with E-state index in [0.29, 0.717) is 5.82 Å². The maximum atomic E-state index is 5.24. The van der Waals surface area contributed by atoms with Crippen LogP contribution in [0.15, 0.2) is 47.8 Å². The molecule has 4 nitrogen and oxygen atoms in total. The van der Waals surface area contributed by atoms with Gasteiger partial charge in [-0.05, 0) is 23.8 Å². The monoisotopic (exact) mass is 232 g/mol. The Labute approximate surface area is 98.3 Å². The van der Waals surface area contributed by atoms with Crippen LogP contribution in [0.25, 0.3) is 0 Å². The number of rotatable bonds is 4. The van der Waals surface area contributed by atoms with Crippen molar-refractivity contribution in [1.29, 1.82) is 0 Å². The van der Waals surface area contributed by atoms with Crippen molar-refractivity contribution in [3.8, 4) is 0 Å². The second kappa shape index (κ2) is 5.48. The van der Waals surface area contributed by atoms with E-state index in [1.54, 1.807) is 24.2 Å². The molecular weight excluding hydrogens is 220 g/mol. The molecule has 2 rings (SSSR count). The Hall–Kier alpha value is -1.59. The fourth-order valence-electron chi connectivity index (χ4n) is 1.20. The quantitative estimate of drug-likeness (QED) is 0.480. The SMILES string of the molecule is NNc1ccc(CSc2ccncc2)cn1. The predicted molar refractivity (Wildman–Crippen MR) is 65.8 cm³/mol. The molecule has 0 aliphatic rings. The van der Waals surface area contributed by atoms with Gasteiger partial charge in [-0.3, -0.25) is 4.98 Å². The van der Waals surface area contributed by atoms with Crippen LogP contribution >= 0.6 is 11.8 Å². The molecule has 2 aromatic heterocycles. The van der Waals surface area contributed by atoms with Gasteiger partial charge in [-0.15, -0.1) is 11.8 Å². The zero-order valence-corrected chi connectivity index (χ0v) is 9.45. The van der Waals surface area contributed by atoms with Gasteiger partial charge in [0, 0.05) is 29.2 Å². The van der Waals surface area contributed by atoms with E-state index in [1.165, 1.54) is 10.5 Å². The molecule has 0 aliphatic heterocycles. The van der Waals surface area contributed by atoms with E-state index >= 15 is 0 Å². The first-order chi connectivity index (χ1) is 7.88. The molecule has 5 heteroatoms. The highest BCUT2D eigenvalue weighted by Crippen LogP contribution is 2.21. The molecule has 0 amide bonds. The third kappa shape index (κ3) is 2.95. The molecule has 0 radical (unpaired) electrons. The fourth-order valence-corrected chi connectivity index (χ4v) is 2.01. The molecular formula is C11H12N4S. The highest BCUT2D eigenvalue weighted by atomic mass is 32.2. The van der Waals surface area contributed by atoms with Crippen molar-refractivity contribution in [2.45, 2.75) is 10.6 Å². The smallest absolute Gasteiger partial charge is 0.139 e. The number of nitrogens with one attached hydrogen (secondary N) is 1. The van der Waals surface area contributed by atoms with Gasteiger partial charge in [0.15, 0.2) is 0 Å². The minimum atomic E-state index is 0.678. The van der Waals surface area contributed by atoms with Crippen molar-refractivity contribution >= 4 is 17.6 Å². The van der Waals surface area contributed by atoms with Crippen molar-refractivity contribution < 1.29 is 0 Å². The minimum Gasteiger partial charge on any atom is -0.308 e. The Morgan fingerprint density at radius 1 is 1.19 bits per heavy atom. The number of nitrogens with two attached hydrogens (primary N) is 1. The summed E-state index contributed by atoms with van der Waals surface area (Å²) in [6.07, 6.45) is 5.41. The van der Waals surface area contributed by atoms with E-state index in [-0.39, 0.29) is 0 Å². The van der Waals surface area contributed by atoms with Crippen LogP contribution in [-0.2, 0) is 5.75 Å². The van der Waals surface area contributed by atoms with E-state index in [0.717, 1.165) is 5.75 Å². The topological polar surface area (TPSA) is 63.8 Å². The lowest BCUT2D eigenvalue weighted by atomic mass is 10.3. The number of nitrogen functional groups attached to an aromatic ring is 1. The first kappa shape index (κ1) is 10.9. The number of anilines is 1. The Morgan fingerprint density at radius 3 is 2.62 bits per heavy atom. The van der Waals surface area contributed by atoms with E-state index in [1.807, 2.05) is 30.5 Å². The summed E-state index contributed by atoms with van der Waals surface area (Å²) in [6.45, 7) is 0. The van der Waals surface area contributed by atoms with Crippen molar-refractivity contribution in [1.82, 2.24) is 9.97 Å². The highest BCUT2D eigenvalue weighted by molar-refractivity contribution is 7.98. The number of hydrogen-bond donors (Lipinski definition) is 2. The summed E-state index contributed by atoms with van der Waals surface area (Å²) in [7, 11) is 0. The zero-order valence-electron chi connectivity index (χ0n) is 8.63. The number of pyridine rings is 2. The summed E-state index contributed by atoms with van der Waals surface area (Å²) in [5.74, 6) is 6.81. The number of aromatic nitrogens is 2. The first-order valence-electron chi connectivity index (χ1n) is 4.83. The van der Waals surface area contributed by atoms with Crippen molar-refractivity contribution in [3.63, 3.8) is 0 Å². The van der Waals surface area contributed by atoms with Crippen LogP contribution in [0.1, 0.15) is 5.56 Å². The fraction of sp³-hybridized carbons (Fsp3) is 0.0909. The normalized spacial score (nSPS) is 10.1. The van der Waals surface area contributed by atoms with Crippen molar-refractivity contribution in [3.05, 3.63) is 48.4 Å². The molecule has 0 atom stereocenters. The van der Waals surface area contributed by atoms with Crippen LogP contribution < -0.4 is 11.3 Å². The third-order valence-corrected chi connectivity index (χ3v) is 3.11. The van der Waals surface area contributed by atoms with Crippen molar-refractivity contribution in [2.75, 3.05) is 5.43 Å². The summed E-state index contributed by atoms with van der Waals surface area (Å²) in [4.78, 5) is 9.33. The lowest BCUT2D eigenvalue weighted by Gasteiger charge is -2.02. The van der Waals surface area contributed by atoms with Gasteiger partial charge < -0.3 is 5.43 Å². The van der Waals surface area contributed by atoms with Gasteiger partial charge in [0.1, 0.15) is 5.82 Å². The van der Waals surface area contributed by atoms with Crippen LogP contribution in [0.3, 0.4) is 0 Å². The summed E-state index contributed by atoms with van der Waals surface area (Å²) in [5.41, 5.74) is 3.67. The van der Waals surface area contributed by atoms with E-state index in [2.05, 4.69) is 15.4 Å². The second-order valence-corrected chi connectivity index (χ2v) is 4.22. The lowest BCUT2D eigenvalue weighted by molar-refractivity contribution is 1.19. The predicted octanol–water partition coefficient (Wildman–Crippen LogP) is 2.05. The van der Waals surface area contributed by atoms with Gasteiger partial charge in [0.2, 0.25) is 0 Å². The van der Waals surface area contributed by atoms with Gasteiger partial charge >= 0.3 is 0 Å². The highest BCUT2D eigenvalue weighted by Gasteiger charge is 1.97. The average molecular weight is 232 g/mol. The van der Waals surface area contributed by atoms with E-state index in [9.17, 15) is 0 Å². The molecule has 2 heterocycles. The number of hydrogen-bond acceptors (Lipinski definition) is 5. The molecule has 16 heavy (non-hydrogen) atoms. The van der Waals surface area contributed by atoms with Gasteiger partial charge in [-0.1, -0.05) is 6.07 Å². The van der Waals surface area contributed by atoms with Crippen LogP contribution in [0.5, 0.6) is 0 Å². The summed E-state index contributed by atoms with van der Waals surface area (Å²) < 4.78 is 0. The van der Waals surface area contributed by atoms with E-state index < -0.39 is 0 Å². The molecule has 0 aromatic carbocycles. The third-order valence-electron chi connectivity index (χ3n) is 2.03. The average Bonchev–Trinajstić information content (AvgIpc) is 2.38. The van der Waals surface area contributed by atoms with Crippen LogP contribution in [-0.4, -0.2) is 9.97 Å². The first-order valence-corrected chi connectivity index (χ1v) is 5.81. The van der Waals surface area contributed by atoms with Gasteiger partial charge in [0.25, 0.3) is 0 Å². The summed E-state index contributed by atoms with van der Waals surface area (Å²) in [6, 6.07) is 7.86. The number of nitrogens with zero attached hydrogens (tertiary/aromatic N) is 2. The van der Waals surface area contributed by atoms with Crippen LogP contribution in [0.4, 0.5) is 5.82 Å². The Bertz CT molecular complexity index is 429. The summed E-state index contributed by atoms with van der Waals surface area (Å²) >= 11 is 1.76. The molecule has 0 unspecified atom stereocenters. The van der Waals surface area contributed by atoms with E-state index in [4.69, 9.17) is 5.84 Å². The lowest BCUT2D eigenvalue weighted by Crippen LogP contribution is -2.08. The molecule has 0 saturated heterocycles. The standard InChI is InChI=1S/C11H12N4S/c12-15-11-2-1-9(7-14-11)8-16-10-3-5-13-6-4-10/h1-7H,8,12H2,(H,14,15). The zero-order chi connectivity index (χ0) is 11.2. The Balaban J connectivity index is 1.94. The molecule has 0 fully saturated rings. The Morgan fingerprint density at radius 2 is 2.00 bits per heavy atom. The van der Waals surface area contributed by atoms with Gasteiger partial charge in [-0.2, -0.15) is 0 Å². The molecule has 0 bridgehead atoms. The molecule has 0 spiro atoms. The summed E-state index contributed by atoms with van der Waals surface area (Å²) in [5, 5.41) is 0. The number of thioether (sulfide) groups is 1. The Kier molecular flexibility index (Phi) is 3.74. The van der Waals surface area contributed by atoms with Crippen molar-refractivity contribution in [2.24, 2.45) is 5.84 Å². The minimum absolute atomic E-state index is 0.678. The molecule has 0 saturated carbocycles. The second-order valence-electron chi connectivity index (χ2n) is 3.17. The van der Waals surface area contributed by atoms with Gasteiger partial charge in [-0.25, -0.2) is 10.8 Å². The number of hydrazine groups is 1. The maximum absolute atomic E-state index is 5.24. The van der Waals surface area contributed by atoms with Crippen LogP contribution in [0.2, 0.25) is 0 Å². The molecule has 2 aromatic rings. The molecule has 3 N–H and O–H groups in total.